The first-order valence-corrected chi connectivity index (χ1v) is 7.99. The molecule has 1 aromatic carbocycles. The molecule has 1 aromatic heterocycles. The van der Waals surface area contributed by atoms with Crippen LogP contribution in [0.1, 0.15) is 16.5 Å². The van der Waals surface area contributed by atoms with Crippen LogP contribution < -0.4 is 14.8 Å². The van der Waals surface area contributed by atoms with Gasteiger partial charge in [0.1, 0.15) is 0 Å². The number of methoxy groups -OCH3 is 2. The van der Waals surface area contributed by atoms with Gasteiger partial charge in [0.2, 0.25) is 0 Å². The number of rotatable bonds is 5. The first-order chi connectivity index (χ1) is 9.62. The van der Waals surface area contributed by atoms with Crippen LogP contribution in [0.2, 0.25) is 5.02 Å². The van der Waals surface area contributed by atoms with Crippen molar-refractivity contribution in [1.29, 1.82) is 0 Å². The summed E-state index contributed by atoms with van der Waals surface area (Å²) in [4.78, 5) is 1.17. The molecule has 108 valence electrons. The van der Waals surface area contributed by atoms with Crippen LogP contribution in [0.3, 0.4) is 0 Å². The van der Waals surface area contributed by atoms with Crippen molar-refractivity contribution in [3.05, 3.63) is 43.5 Å². The maximum absolute atomic E-state index is 6.39. The average Bonchev–Trinajstić information content (AvgIpc) is 2.87. The molecule has 2 rings (SSSR count). The van der Waals surface area contributed by atoms with Crippen molar-refractivity contribution in [2.24, 2.45) is 0 Å². The zero-order valence-corrected chi connectivity index (χ0v) is 14.5. The van der Waals surface area contributed by atoms with Crippen LogP contribution in [-0.4, -0.2) is 21.3 Å². The van der Waals surface area contributed by atoms with Crippen molar-refractivity contribution in [2.45, 2.75) is 6.04 Å². The van der Waals surface area contributed by atoms with E-state index in [-0.39, 0.29) is 6.04 Å². The van der Waals surface area contributed by atoms with Crippen LogP contribution in [0.25, 0.3) is 0 Å². The lowest BCUT2D eigenvalue weighted by atomic mass is 10.0. The third-order valence-electron chi connectivity index (χ3n) is 3.01. The Bertz CT molecular complexity index is 603. The van der Waals surface area contributed by atoms with Crippen LogP contribution in [0.4, 0.5) is 0 Å². The molecule has 0 saturated heterocycles. The number of halogens is 2. The number of ether oxygens (including phenoxy) is 2. The number of hydrogen-bond acceptors (Lipinski definition) is 4. The van der Waals surface area contributed by atoms with E-state index in [4.69, 9.17) is 21.1 Å². The summed E-state index contributed by atoms with van der Waals surface area (Å²) in [7, 11) is 5.12. The molecule has 0 aliphatic rings. The van der Waals surface area contributed by atoms with E-state index in [0.717, 1.165) is 10.0 Å². The largest absolute Gasteiger partial charge is 0.493 e. The summed E-state index contributed by atoms with van der Waals surface area (Å²) in [5.74, 6) is 1.29. The van der Waals surface area contributed by atoms with Gasteiger partial charge in [0.15, 0.2) is 11.5 Å². The highest BCUT2D eigenvalue weighted by molar-refractivity contribution is 9.10. The number of nitrogens with one attached hydrogen (secondary N) is 1. The maximum atomic E-state index is 6.39. The molecule has 1 atom stereocenters. The molecule has 2 aromatic rings. The average molecular weight is 377 g/mol. The lowest BCUT2D eigenvalue weighted by Gasteiger charge is -2.19. The molecule has 3 nitrogen and oxygen atoms in total. The molecule has 1 unspecified atom stereocenters. The van der Waals surface area contributed by atoms with Gasteiger partial charge in [-0.1, -0.05) is 11.6 Å². The Labute approximate surface area is 136 Å². The van der Waals surface area contributed by atoms with Gasteiger partial charge in [-0.25, -0.2) is 0 Å². The van der Waals surface area contributed by atoms with Crippen molar-refractivity contribution in [3.63, 3.8) is 0 Å². The molecular weight excluding hydrogens is 362 g/mol. The number of hydrogen-bond donors (Lipinski definition) is 1. The first kappa shape index (κ1) is 15.6. The van der Waals surface area contributed by atoms with Gasteiger partial charge < -0.3 is 14.8 Å². The second kappa shape index (κ2) is 6.80. The zero-order chi connectivity index (χ0) is 14.7. The van der Waals surface area contributed by atoms with Crippen LogP contribution in [0.5, 0.6) is 11.5 Å². The van der Waals surface area contributed by atoms with E-state index in [9.17, 15) is 0 Å². The molecule has 0 aliphatic heterocycles. The molecule has 6 heteroatoms. The van der Waals surface area contributed by atoms with Crippen molar-refractivity contribution < 1.29 is 9.47 Å². The molecule has 0 aliphatic carbocycles. The summed E-state index contributed by atoms with van der Waals surface area (Å²) >= 11 is 11.6. The second-order valence-electron chi connectivity index (χ2n) is 4.08. The van der Waals surface area contributed by atoms with E-state index in [0.29, 0.717) is 16.5 Å². The second-order valence-corrected chi connectivity index (χ2v) is 6.29. The molecule has 1 N–H and O–H groups in total. The molecule has 0 amide bonds. The molecule has 1 heterocycles. The number of benzene rings is 1. The van der Waals surface area contributed by atoms with Gasteiger partial charge in [-0.3, -0.25) is 0 Å². The highest BCUT2D eigenvalue weighted by Gasteiger charge is 2.21. The van der Waals surface area contributed by atoms with E-state index >= 15 is 0 Å². The Kier molecular flexibility index (Phi) is 5.32. The summed E-state index contributed by atoms with van der Waals surface area (Å²) in [6.45, 7) is 0. The van der Waals surface area contributed by atoms with Crippen LogP contribution in [0, 0.1) is 0 Å². The van der Waals surface area contributed by atoms with Crippen LogP contribution in [0.15, 0.2) is 28.1 Å². The molecule has 0 radical (unpaired) electrons. The zero-order valence-electron chi connectivity index (χ0n) is 11.4. The van der Waals surface area contributed by atoms with E-state index in [2.05, 4.69) is 21.2 Å². The van der Waals surface area contributed by atoms with Gasteiger partial charge in [-0.05, 0) is 46.1 Å². The Balaban J connectivity index is 2.52. The lowest BCUT2D eigenvalue weighted by Crippen LogP contribution is -2.17. The third-order valence-corrected chi connectivity index (χ3v) is 5.27. The van der Waals surface area contributed by atoms with Crippen LogP contribution in [-0.2, 0) is 0 Å². The van der Waals surface area contributed by atoms with Gasteiger partial charge >= 0.3 is 0 Å². The molecule has 0 fully saturated rings. The predicted molar refractivity (Wildman–Crippen MR) is 87.5 cm³/mol. The molecule has 0 bridgehead atoms. The van der Waals surface area contributed by atoms with Crippen molar-refractivity contribution in [3.8, 4) is 11.5 Å². The summed E-state index contributed by atoms with van der Waals surface area (Å²) in [6, 6.07) is 5.71. The Morgan fingerprint density at radius 3 is 2.40 bits per heavy atom. The molecule has 0 spiro atoms. The quantitative estimate of drug-likeness (QED) is 0.834. The lowest BCUT2D eigenvalue weighted by molar-refractivity contribution is 0.354. The summed E-state index contributed by atoms with van der Waals surface area (Å²) in [6.07, 6.45) is 0. The van der Waals surface area contributed by atoms with Crippen LogP contribution >= 0.6 is 38.9 Å². The normalized spacial score (nSPS) is 12.2. The minimum absolute atomic E-state index is 0.00307. The summed E-state index contributed by atoms with van der Waals surface area (Å²) < 4.78 is 11.7. The molecular formula is C14H15BrClNO2S. The van der Waals surface area contributed by atoms with Crippen molar-refractivity contribution in [1.82, 2.24) is 5.32 Å². The Hall–Kier alpha value is -0.750. The Morgan fingerprint density at radius 1 is 1.25 bits per heavy atom. The van der Waals surface area contributed by atoms with Gasteiger partial charge in [-0.15, -0.1) is 11.3 Å². The highest BCUT2D eigenvalue weighted by Crippen LogP contribution is 2.40. The molecule has 20 heavy (non-hydrogen) atoms. The summed E-state index contributed by atoms with van der Waals surface area (Å²) in [5.41, 5.74) is 0.954. The molecule has 0 saturated carbocycles. The monoisotopic (exact) mass is 375 g/mol. The topological polar surface area (TPSA) is 30.5 Å². The fourth-order valence-corrected chi connectivity index (χ4v) is 4.02. The first-order valence-electron chi connectivity index (χ1n) is 5.94. The van der Waals surface area contributed by atoms with E-state index < -0.39 is 0 Å². The number of thiophene rings is 1. The van der Waals surface area contributed by atoms with Gasteiger partial charge in [0.25, 0.3) is 0 Å². The van der Waals surface area contributed by atoms with E-state index in [1.807, 2.05) is 24.6 Å². The minimum atomic E-state index is -0.00307. The Morgan fingerprint density at radius 2 is 1.90 bits per heavy atom. The highest BCUT2D eigenvalue weighted by atomic mass is 79.9. The van der Waals surface area contributed by atoms with Gasteiger partial charge in [-0.2, -0.15) is 0 Å². The standard InChI is InChI=1S/C14H15BrClNO2S/c1-17-13(14-9(15)4-5-20-14)8-6-11(18-2)12(19-3)7-10(8)16/h4-7,13,17H,1-3H3. The fourth-order valence-electron chi connectivity index (χ4n) is 2.03. The van der Waals surface area contributed by atoms with Gasteiger partial charge in [0.05, 0.1) is 20.3 Å². The van der Waals surface area contributed by atoms with Gasteiger partial charge in [0, 0.05) is 20.4 Å². The maximum Gasteiger partial charge on any atom is 0.162 e. The fraction of sp³-hybridized carbons (Fsp3) is 0.286. The minimum Gasteiger partial charge on any atom is -0.493 e. The predicted octanol–water partition coefficient (Wildman–Crippen LogP) is 4.49. The van der Waals surface area contributed by atoms with E-state index in [1.165, 1.54) is 4.88 Å². The third kappa shape index (κ3) is 2.96. The van der Waals surface area contributed by atoms with Crippen molar-refractivity contribution in [2.75, 3.05) is 21.3 Å². The smallest absolute Gasteiger partial charge is 0.162 e. The van der Waals surface area contributed by atoms with E-state index in [1.54, 1.807) is 31.6 Å². The summed E-state index contributed by atoms with van der Waals surface area (Å²) in [5, 5.41) is 5.97. The van der Waals surface area contributed by atoms with Crippen molar-refractivity contribution >= 4 is 38.9 Å². The SMILES string of the molecule is CNC(c1cc(OC)c(OC)cc1Cl)c1sccc1Br.